The molecule has 0 aliphatic rings. The van der Waals surface area contributed by atoms with Crippen LogP contribution in [-0.4, -0.2) is 19.6 Å². The van der Waals surface area contributed by atoms with Gasteiger partial charge in [-0.25, -0.2) is 0 Å². The Balaban J connectivity index is 2.32. The van der Waals surface area contributed by atoms with Crippen molar-refractivity contribution in [1.29, 1.82) is 0 Å². The minimum Gasteiger partial charge on any atom is -0.472 e. The highest BCUT2D eigenvalue weighted by molar-refractivity contribution is 6.29. The van der Waals surface area contributed by atoms with Crippen LogP contribution in [0.4, 0.5) is 0 Å². The Labute approximate surface area is 94.0 Å². The number of guanidine groups is 1. The SMILES string of the molecule is C=C(Cl)CNC(=NC)NCc1ccoc1. The Kier molecular flexibility index (Phi) is 4.77. The van der Waals surface area contributed by atoms with E-state index in [4.69, 9.17) is 16.0 Å². The van der Waals surface area contributed by atoms with E-state index < -0.39 is 0 Å². The van der Waals surface area contributed by atoms with Crippen molar-refractivity contribution < 1.29 is 4.42 Å². The molecule has 0 aliphatic heterocycles. The van der Waals surface area contributed by atoms with Crippen LogP contribution in [0.1, 0.15) is 5.56 Å². The van der Waals surface area contributed by atoms with E-state index in [1.165, 1.54) is 0 Å². The van der Waals surface area contributed by atoms with Gasteiger partial charge >= 0.3 is 0 Å². The minimum absolute atomic E-state index is 0.493. The van der Waals surface area contributed by atoms with E-state index in [1.54, 1.807) is 19.6 Å². The maximum Gasteiger partial charge on any atom is 0.191 e. The summed E-state index contributed by atoms with van der Waals surface area (Å²) in [6.45, 7) is 4.73. The average Bonchev–Trinajstić information content (AvgIpc) is 2.70. The van der Waals surface area contributed by atoms with Crippen molar-refractivity contribution >= 4 is 17.6 Å². The maximum atomic E-state index is 5.62. The molecule has 1 rings (SSSR count). The summed E-state index contributed by atoms with van der Waals surface area (Å²) in [4.78, 5) is 4.02. The number of nitrogens with zero attached hydrogens (tertiary/aromatic N) is 1. The zero-order valence-electron chi connectivity index (χ0n) is 8.59. The normalized spacial score (nSPS) is 11.2. The summed E-state index contributed by atoms with van der Waals surface area (Å²) in [5, 5.41) is 6.66. The Hall–Kier alpha value is -1.42. The molecule has 15 heavy (non-hydrogen) atoms. The first-order valence-corrected chi connectivity index (χ1v) is 4.89. The molecule has 0 aliphatic carbocycles. The highest BCUT2D eigenvalue weighted by atomic mass is 35.5. The fourth-order valence-corrected chi connectivity index (χ4v) is 1.05. The molecule has 0 aromatic carbocycles. The lowest BCUT2D eigenvalue weighted by Gasteiger charge is -2.09. The number of hydrogen-bond acceptors (Lipinski definition) is 2. The van der Waals surface area contributed by atoms with E-state index in [9.17, 15) is 0 Å². The van der Waals surface area contributed by atoms with E-state index in [0.717, 1.165) is 5.56 Å². The quantitative estimate of drug-likeness (QED) is 0.608. The summed E-state index contributed by atoms with van der Waals surface area (Å²) in [7, 11) is 1.70. The lowest BCUT2D eigenvalue weighted by molar-refractivity contribution is 0.563. The molecule has 1 heterocycles. The lowest BCUT2D eigenvalue weighted by atomic mass is 10.3. The average molecular weight is 228 g/mol. The summed E-state index contributed by atoms with van der Waals surface area (Å²) in [6, 6.07) is 1.89. The van der Waals surface area contributed by atoms with Crippen molar-refractivity contribution in [2.24, 2.45) is 4.99 Å². The van der Waals surface area contributed by atoms with Gasteiger partial charge in [0.15, 0.2) is 5.96 Å². The third-order valence-corrected chi connectivity index (χ3v) is 1.84. The summed E-state index contributed by atoms with van der Waals surface area (Å²) in [5.74, 6) is 0.679. The molecule has 2 N–H and O–H groups in total. The predicted molar refractivity (Wildman–Crippen MR) is 61.9 cm³/mol. The predicted octanol–water partition coefficient (Wildman–Crippen LogP) is 1.70. The number of rotatable bonds is 4. The van der Waals surface area contributed by atoms with E-state index >= 15 is 0 Å². The van der Waals surface area contributed by atoms with Gasteiger partial charge in [0.05, 0.1) is 19.1 Å². The van der Waals surface area contributed by atoms with Gasteiger partial charge in [0.2, 0.25) is 0 Å². The molecule has 1 aromatic rings. The maximum absolute atomic E-state index is 5.62. The molecule has 0 fully saturated rings. The van der Waals surface area contributed by atoms with Gasteiger partial charge in [-0.05, 0) is 6.07 Å². The van der Waals surface area contributed by atoms with Gasteiger partial charge in [0.1, 0.15) is 0 Å². The number of halogens is 1. The zero-order chi connectivity index (χ0) is 11.1. The molecule has 0 radical (unpaired) electrons. The first kappa shape index (κ1) is 11.7. The fourth-order valence-electron chi connectivity index (χ4n) is 0.979. The largest absolute Gasteiger partial charge is 0.472 e. The molecule has 0 amide bonds. The number of nitrogens with one attached hydrogen (secondary N) is 2. The van der Waals surface area contributed by atoms with Crippen LogP contribution < -0.4 is 10.6 Å². The van der Waals surface area contributed by atoms with Crippen molar-refractivity contribution in [3.8, 4) is 0 Å². The molecule has 0 bridgehead atoms. The van der Waals surface area contributed by atoms with Gasteiger partial charge in [-0.2, -0.15) is 0 Å². The number of furan rings is 1. The second-order valence-corrected chi connectivity index (χ2v) is 3.46. The highest BCUT2D eigenvalue weighted by Crippen LogP contribution is 1.98. The first-order chi connectivity index (χ1) is 7.22. The number of aliphatic imine (C=N–C) groups is 1. The van der Waals surface area contributed by atoms with Crippen molar-refractivity contribution in [3.63, 3.8) is 0 Å². The molecule has 0 saturated heterocycles. The van der Waals surface area contributed by atoms with E-state index in [0.29, 0.717) is 24.1 Å². The molecular formula is C10H14ClN3O. The second-order valence-electron chi connectivity index (χ2n) is 2.93. The van der Waals surface area contributed by atoms with Gasteiger partial charge in [-0.1, -0.05) is 18.2 Å². The summed E-state index contributed by atoms with van der Waals surface area (Å²) in [5.41, 5.74) is 1.06. The van der Waals surface area contributed by atoms with Crippen LogP contribution in [0.3, 0.4) is 0 Å². The van der Waals surface area contributed by atoms with Crippen LogP contribution in [-0.2, 0) is 6.54 Å². The van der Waals surface area contributed by atoms with Crippen molar-refractivity contribution in [3.05, 3.63) is 35.8 Å². The van der Waals surface area contributed by atoms with Crippen LogP contribution in [0.5, 0.6) is 0 Å². The van der Waals surface area contributed by atoms with Crippen LogP contribution in [0.25, 0.3) is 0 Å². The highest BCUT2D eigenvalue weighted by Gasteiger charge is 1.98. The molecule has 4 nitrogen and oxygen atoms in total. The zero-order valence-corrected chi connectivity index (χ0v) is 9.34. The van der Waals surface area contributed by atoms with Crippen molar-refractivity contribution in [2.75, 3.05) is 13.6 Å². The van der Waals surface area contributed by atoms with Gasteiger partial charge in [-0.15, -0.1) is 0 Å². The van der Waals surface area contributed by atoms with E-state index in [1.807, 2.05) is 6.07 Å². The molecule has 82 valence electrons. The van der Waals surface area contributed by atoms with Gasteiger partial charge in [0.25, 0.3) is 0 Å². The van der Waals surface area contributed by atoms with E-state index in [2.05, 4.69) is 22.2 Å². The Morgan fingerprint density at radius 3 is 2.93 bits per heavy atom. The standard InChI is InChI=1S/C10H14ClN3O/c1-8(11)5-13-10(12-2)14-6-9-3-4-15-7-9/h3-4,7H,1,5-6H2,2H3,(H2,12,13,14). The molecule has 0 spiro atoms. The number of hydrogen-bond donors (Lipinski definition) is 2. The summed E-state index contributed by atoms with van der Waals surface area (Å²) >= 11 is 5.62. The van der Waals surface area contributed by atoms with E-state index in [-0.39, 0.29) is 0 Å². The molecule has 0 saturated carbocycles. The topological polar surface area (TPSA) is 49.6 Å². The van der Waals surface area contributed by atoms with Gasteiger partial charge < -0.3 is 15.1 Å². The second kappa shape index (κ2) is 6.14. The van der Waals surface area contributed by atoms with Gasteiger partial charge in [0, 0.05) is 24.2 Å². The van der Waals surface area contributed by atoms with Crippen LogP contribution in [0.2, 0.25) is 0 Å². The van der Waals surface area contributed by atoms with Gasteiger partial charge in [-0.3, -0.25) is 4.99 Å². The van der Waals surface area contributed by atoms with Crippen molar-refractivity contribution in [2.45, 2.75) is 6.54 Å². The lowest BCUT2D eigenvalue weighted by Crippen LogP contribution is -2.37. The first-order valence-electron chi connectivity index (χ1n) is 4.51. The Morgan fingerprint density at radius 1 is 1.60 bits per heavy atom. The third-order valence-electron chi connectivity index (χ3n) is 1.71. The Bertz CT molecular complexity index is 332. The minimum atomic E-state index is 0.493. The molecule has 5 heteroatoms. The van der Waals surface area contributed by atoms with Crippen molar-refractivity contribution in [1.82, 2.24) is 10.6 Å². The summed E-state index contributed by atoms with van der Waals surface area (Å²) < 4.78 is 4.94. The molecule has 1 aromatic heterocycles. The summed E-state index contributed by atoms with van der Waals surface area (Å²) in [6.07, 6.45) is 3.31. The van der Waals surface area contributed by atoms with Crippen LogP contribution in [0.15, 0.2) is 39.6 Å². The fraction of sp³-hybridized carbons (Fsp3) is 0.300. The third kappa shape index (κ3) is 4.56. The molecule has 0 unspecified atom stereocenters. The molecular weight excluding hydrogens is 214 g/mol. The molecule has 0 atom stereocenters. The Morgan fingerprint density at radius 2 is 2.40 bits per heavy atom. The van der Waals surface area contributed by atoms with Crippen LogP contribution >= 0.6 is 11.6 Å². The van der Waals surface area contributed by atoms with Crippen LogP contribution in [0, 0.1) is 0 Å². The smallest absolute Gasteiger partial charge is 0.191 e. The monoisotopic (exact) mass is 227 g/mol.